The van der Waals surface area contributed by atoms with E-state index >= 15 is 0 Å². The molecule has 0 N–H and O–H groups in total. The summed E-state index contributed by atoms with van der Waals surface area (Å²) >= 11 is 0. The van der Waals surface area contributed by atoms with E-state index in [1.165, 1.54) is 60.4 Å². The Kier molecular flexibility index (Phi) is 8.97. The predicted octanol–water partition coefficient (Wildman–Crippen LogP) is 16.5. The maximum absolute atomic E-state index is 2.50. The SMILES string of the molecule is C1=CC2c3cc(N(c4ccc5ccccc5c4)c4ccc(-c5ccc(N(c6ccccc6)c6cccc7ccccc67)cc5)c5ccccc45)ccc3N(c3ccccc3)C2C=C1. The van der Waals surface area contributed by atoms with E-state index in [1.54, 1.807) is 0 Å². The number of fused-ring (bicyclic) bond motifs is 6. The van der Waals surface area contributed by atoms with Crippen molar-refractivity contribution in [3.63, 3.8) is 0 Å². The molecule has 2 atom stereocenters. The number of hydrogen-bond acceptors (Lipinski definition) is 3. The van der Waals surface area contributed by atoms with Gasteiger partial charge in [0.05, 0.1) is 17.4 Å². The highest BCUT2D eigenvalue weighted by molar-refractivity contribution is 6.07. The molecular formula is C60H43N3. The number of benzene rings is 10. The first-order valence-electron chi connectivity index (χ1n) is 21.8. The number of para-hydroxylation sites is 2. The standard InChI is InChI=1S/C60H43N3/c1-3-20-46(21-4-1)61(57-29-15-19-43-17-9-10-24-52(43)57)48-33-31-44(32-34-48)51-37-39-59(54-26-12-11-25-53(51)54)62(49-35-30-42-16-7-8-18-45(42)40-49)50-36-38-60-56(41-50)55-27-13-14-28-58(55)63(60)47-22-5-2-6-23-47/h1-41,55,58H. The zero-order chi connectivity index (χ0) is 41.7. The van der Waals surface area contributed by atoms with Crippen molar-refractivity contribution < 1.29 is 0 Å². The van der Waals surface area contributed by atoms with E-state index < -0.39 is 0 Å². The molecule has 1 aliphatic carbocycles. The van der Waals surface area contributed by atoms with Gasteiger partial charge in [-0.15, -0.1) is 0 Å². The van der Waals surface area contributed by atoms with E-state index in [4.69, 9.17) is 0 Å². The first kappa shape index (κ1) is 36.7. The minimum atomic E-state index is 0.218. The second-order valence-corrected chi connectivity index (χ2v) is 16.5. The molecule has 3 heteroatoms. The number of hydrogen-bond donors (Lipinski definition) is 0. The normalized spacial score (nSPS) is 15.1. The summed E-state index contributed by atoms with van der Waals surface area (Å²) in [6, 6.07) is 82.1. The van der Waals surface area contributed by atoms with Crippen molar-refractivity contribution >= 4 is 77.8 Å². The van der Waals surface area contributed by atoms with Crippen LogP contribution in [0.2, 0.25) is 0 Å². The summed E-state index contributed by atoms with van der Waals surface area (Å²) in [7, 11) is 0. The van der Waals surface area contributed by atoms with Crippen LogP contribution in [-0.4, -0.2) is 6.04 Å². The van der Waals surface area contributed by atoms with Gasteiger partial charge in [0.15, 0.2) is 0 Å². The Morgan fingerprint density at radius 2 is 0.952 bits per heavy atom. The lowest BCUT2D eigenvalue weighted by Gasteiger charge is -2.29. The van der Waals surface area contributed by atoms with Gasteiger partial charge in [-0.05, 0) is 117 Å². The summed E-state index contributed by atoms with van der Waals surface area (Å²) in [4.78, 5) is 7.33. The van der Waals surface area contributed by atoms with Gasteiger partial charge >= 0.3 is 0 Å². The minimum Gasteiger partial charge on any atom is -0.333 e. The van der Waals surface area contributed by atoms with Crippen LogP contribution >= 0.6 is 0 Å². The molecule has 0 amide bonds. The number of allylic oxidation sites excluding steroid dienone is 2. The van der Waals surface area contributed by atoms with E-state index in [0.29, 0.717) is 0 Å². The van der Waals surface area contributed by atoms with Gasteiger partial charge in [-0.2, -0.15) is 0 Å². The molecule has 3 nitrogen and oxygen atoms in total. The third kappa shape index (κ3) is 6.36. The van der Waals surface area contributed by atoms with Gasteiger partial charge in [0.25, 0.3) is 0 Å². The Bertz CT molecular complexity index is 3370. The number of anilines is 8. The third-order valence-corrected chi connectivity index (χ3v) is 12.9. The van der Waals surface area contributed by atoms with Crippen molar-refractivity contribution in [2.24, 2.45) is 0 Å². The van der Waals surface area contributed by atoms with Gasteiger partial charge < -0.3 is 14.7 Å². The monoisotopic (exact) mass is 805 g/mol. The van der Waals surface area contributed by atoms with Crippen molar-refractivity contribution in [1.82, 2.24) is 0 Å². The molecule has 0 aromatic heterocycles. The molecule has 0 radical (unpaired) electrons. The van der Waals surface area contributed by atoms with Crippen LogP contribution in [-0.2, 0) is 0 Å². The Morgan fingerprint density at radius 3 is 1.78 bits per heavy atom. The lowest BCUT2D eigenvalue weighted by molar-refractivity contribution is 0.745. The highest BCUT2D eigenvalue weighted by Gasteiger charge is 2.38. The zero-order valence-electron chi connectivity index (χ0n) is 34.7. The van der Waals surface area contributed by atoms with Crippen molar-refractivity contribution in [3.8, 4) is 11.1 Å². The van der Waals surface area contributed by atoms with Gasteiger partial charge in [-0.3, -0.25) is 0 Å². The second-order valence-electron chi connectivity index (χ2n) is 16.5. The van der Waals surface area contributed by atoms with Crippen LogP contribution in [0.15, 0.2) is 249 Å². The van der Waals surface area contributed by atoms with Crippen molar-refractivity contribution in [2.75, 3.05) is 14.7 Å². The maximum atomic E-state index is 2.50. The Labute approximate surface area is 368 Å². The molecular weight excluding hydrogens is 763 g/mol. The Hall–Kier alpha value is -8.14. The molecule has 1 aliphatic heterocycles. The van der Waals surface area contributed by atoms with Gasteiger partial charge in [0, 0.05) is 50.8 Å². The smallest absolute Gasteiger partial charge is 0.0629 e. The van der Waals surface area contributed by atoms with Gasteiger partial charge in [0.1, 0.15) is 0 Å². The molecule has 2 unspecified atom stereocenters. The molecule has 0 fully saturated rings. The van der Waals surface area contributed by atoms with E-state index in [1.807, 2.05) is 0 Å². The molecule has 0 saturated heterocycles. The van der Waals surface area contributed by atoms with Crippen molar-refractivity contribution in [2.45, 2.75) is 12.0 Å². The fraction of sp³-hybridized carbons (Fsp3) is 0.0333. The second kappa shape index (κ2) is 15.4. The molecule has 298 valence electrons. The Balaban J connectivity index is 0.988. The lowest BCUT2D eigenvalue weighted by Crippen LogP contribution is -2.28. The molecule has 10 aromatic rings. The van der Waals surface area contributed by atoms with Crippen LogP contribution < -0.4 is 14.7 Å². The largest absolute Gasteiger partial charge is 0.333 e. The lowest BCUT2D eigenvalue weighted by atomic mass is 9.91. The van der Waals surface area contributed by atoms with Crippen LogP contribution in [0.1, 0.15) is 11.5 Å². The molecule has 12 rings (SSSR count). The van der Waals surface area contributed by atoms with E-state index in [9.17, 15) is 0 Å². The zero-order valence-corrected chi connectivity index (χ0v) is 34.7. The molecule has 0 bridgehead atoms. The minimum absolute atomic E-state index is 0.218. The molecule has 0 saturated carbocycles. The summed E-state index contributed by atoms with van der Waals surface area (Å²) in [6.07, 6.45) is 9.11. The molecule has 10 aromatic carbocycles. The van der Waals surface area contributed by atoms with Crippen molar-refractivity contribution in [1.29, 1.82) is 0 Å². The van der Waals surface area contributed by atoms with Crippen molar-refractivity contribution in [3.05, 3.63) is 254 Å². The molecule has 63 heavy (non-hydrogen) atoms. The average Bonchev–Trinajstić information content (AvgIpc) is 3.69. The van der Waals surface area contributed by atoms with Gasteiger partial charge in [0.2, 0.25) is 0 Å². The summed E-state index contributed by atoms with van der Waals surface area (Å²) in [5.41, 5.74) is 13.0. The highest BCUT2D eigenvalue weighted by atomic mass is 15.2. The predicted molar refractivity (Wildman–Crippen MR) is 267 cm³/mol. The van der Waals surface area contributed by atoms with Crippen LogP contribution in [0, 0.1) is 0 Å². The fourth-order valence-corrected chi connectivity index (χ4v) is 10.0. The van der Waals surface area contributed by atoms with E-state index in [0.717, 1.165) is 34.1 Å². The fourth-order valence-electron chi connectivity index (χ4n) is 10.0. The number of nitrogens with zero attached hydrogens (tertiary/aromatic N) is 3. The topological polar surface area (TPSA) is 9.72 Å². The average molecular weight is 806 g/mol. The first-order chi connectivity index (χ1) is 31.3. The summed E-state index contributed by atoms with van der Waals surface area (Å²) in [6.45, 7) is 0. The van der Waals surface area contributed by atoms with Crippen LogP contribution in [0.25, 0.3) is 43.4 Å². The summed E-state index contributed by atoms with van der Waals surface area (Å²) in [5.74, 6) is 0.240. The van der Waals surface area contributed by atoms with Crippen LogP contribution in [0.4, 0.5) is 45.5 Å². The quantitative estimate of drug-likeness (QED) is 0.151. The first-order valence-corrected chi connectivity index (χ1v) is 21.8. The molecule has 2 aliphatic rings. The maximum Gasteiger partial charge on any atom is 0.0629 e. The summed E-state index contributed by atoms with van der Waals surface area (Å²) < 4.78 is 0. The van der Waals surface area contributed by atoms with Crippen LogP contribution in [0.5, 0.6) is 0 Å². The van der Waals surface area contributed by atoms with Gasteiger partial charge in [-0.25, -0.2) is 0 Å². The van der Waals surface area contributed by atoms with E-state index in [2.05, 4.69) is 263 Å². The summed E-state index contributed by atoms with van der Waals surface area (Å²) in [5, 5.41) is 7.28. The Morgan fingerprint density at radius 1 is 0.365 bits per heavy atom. The highest BCUT2D eigenvalue weighted by Crippen LogP contribution is 2.51. The third-order valence-electron chi connectivity index (χ3n) is 12.9. The molecule has 1 heterocycles. The van der Waals surface area contributed by atoms with Crippen LogP contribution in [0.3, 0.4) is 0 Å². The van der Waals surface area contributed by atoms with Gasteiger partial charge in [-0.1, -0.05) is 170 Å². The molecule has 0 spiro atoms. The number of rotatable bonds is 8. The van der Waals surface area contributed by atoms with E-state index in [-0.39, 0.29) is 12.0 Å².